The molecule has 25 heavy (non-hydrogen) atoms. The molecule has 3 rings (SSSR count). The van der Waals surface area contributed by atoms with Crippen LogP contribution in [0.4, 0.5) is 4.79 Å². The summed E-state index contributed by atoms with van der Waals surface area (Å²) in [4.78, 5) is 28.0. The number of carbonyl (C=O) groups excluding carboxylic acids is 2. The number of amides is 2. The molecule has 2 aliphatic heterocycles. The molecule has 2 saturated heterocycles. The number of carbonyl (C=O) groups is 2. The maximum absolute atomic E-state index is 12.5. The van der Waals surface area contributed by atoms with Crippen LogP contribution in [0.2, 0.25) is 0 Å². The summed E-state index contributed by atoms with van der Waals surface area (Å²) in [5.41, 5.74) is 0.280. The molecule has 2 fully saturated rings. The van der Waals surface area contributed by atoms with E-state index in [2.05, 4.69) is 5.32 Å². The van der Waals surface area contributed by atoms with Crippen molar-refractivity contribution in [2.75, 3.05) is 26.2 Å². The van der Waals surface area contributed by atoms with Gasteiger partial charge in [-0.1, -0.05) is 18.2 Å². The highest BCUT2D eigenvalue weighted by Gasteiger charge is 2.36. The van der Waals surface area contributed by atoms with E-state index in [1.54, 1.807) is 4.90 Å². The van der Waals surface area contributed by atoms with Gasteiger partial charge < -0.3 is 19.9 Å². The van der Waals surface area contributed by atoms with Gasteiger partial charge in [-0.15, -0.1) is 0 Å². The molecule has 1 aromatic rings. The van der Waals surface area contributed by atoms with E-state index in [0.29, 0.717) is 19.1 Å². The Kier molecular flexibility index (Phi) is 4.99. The summed E-state index contributed by atoms with van der Waals surface area (Å²) >= 11 is 0. The van der Waals surface area contributed by atoms with Gasteiger partial charge in [0.25, 0.3) is 5.91 Å². The predicted molar refractivity (Wildman–Crippen MR) is 95.5 cm³/mol. The first kappa shape index (κ1) is 17.7. The van der Waals surface area contributed by atoms with Gasteiger partial charge >= 0.3 is 6.09 Å². The van der Waals surface area contributed by atoms with Gasteiger partial charge in [0, 0.05) is 43.8 Å². The van der Waals surface area contributed by atoms with Crippen LogP contribution in [0.1, 0.15) is 37.6 Å². The average Bonchev–Trinajstić information content (AvgIpc) is 2.97. The second-order valence-electron chi connectivity index (χ2n) is 7.85. The first-order chi connectivity index (χ1) is 11.8. The molecule has 1 unspecified atom stereocenters. The Hall–Kier alpha value is -2.08. The van der Waals surface area contributed by atoms with Gasteiger partial charge in [0.1, 0.15) is 5.60 Å². The fourth-order valence-electron chi connectivity index (χ4n) is 3.24. The molecule has 0 aliphatic carbocycles. The Morgan fingerprint density at radius 1 is 1.04 bits per heavy atom. The lowest BCUT2D eigenvalue weighted by molar-refractivity contribution is 0.00431. The molecule has 2 heterocycles. The normalized spacial score (nSPS) is 21.2. The molecule has 6 nitrogen and oxygen atoms in total. The van der Waals surface area contributed by atoms with Crippen molar-refractivity contribution in [1.29, 1.82) is 0 Å². The quantitative estimate of drug-likeness (QED) is 0.911. The van der Waals surface area contributed by atoms with E-state index in [-0.39, 0.29) is 18.0 Å². The first-order valence-electron chi connectivity index (χ1n) is 8.90. The van der Waals surface area contributed by atoms with Crippen LogP contribution < -0.4 is 5.32 Å². The van der Waals surface area contributed by atoms with Crippen LogP contribution in [-0.2, 0) is 4.74 Å². The zero-order valence-electron chi connectivity index (χ0n) is 15.2. The Morgan fingerprint density at radius 3 is 2.32 bits per heavy atom. The standard InChI is InChI=1S/C19H27N3O3/c1-19(2,3)25-18(24)22-12-16(13-22)20-15-9-10-21(11-15)17(23)14-7-5-4-6-8-14/h4-8,15-16,20H,9-13H2,1-3H3. The fourth-order valence-corrected chi connectivity index (χ4v) is 3.24. The van der Waals surface area contributed by atoms with Gasteiger partial charge in [-0.05, 0) is 39.3 Å². The van der Waals surface area contributed by atoms with E-state index in [0.717, 1.165) is 25.1 Å². The van der Waals surface area contributed by atoms with Crippen LogP contribution in [0, 0.1) is 0 Å². The van der Waals surface area contributed by atoms with E-state index >= 15 is 0 Å². The van der Waals surface area contributed by atoms with Crippen molar-refractivity contribution < 1.29 is 14.3 Å². The monoisotopic (exact) mass is 345 g/mol. The van der Waals surface area contributed by atoms with Gasteiger partial charge in [-0.2, -0.15) is 0 Å². The molecule has 2 aliphatic rings. The number of nitrogens with one attached hydrogen (secondary N) is 1. The van der Waals surface area contributed by atoms with Gasteiger partial charge in [-0.3, -0.25) is 4.79 Å². The largest absolute Gasteiger partial charge is 0.444 e. The van der Waals surface area contributed by atoms with Crippen LogP contribution in [0.15, 0.2) is 30.3 Å². The Balaban J connectivity index is 1.41. The minimum absolute atomic E-state index is 0.0916. The molecule has 136 valence electrons. The molecule has 2 amide bonds. The molecular weight excluding hydrogens is 318 g/mol. The van der Waals surface area contributed by atoms with Gasteiger partial charge in [0.15, 0.2) is 0 Å². The second kappa shape index (κ2) is 7.04. The zero-order chi connectivity index (χ0) is 18.0. The van der Waals surface area contributed by atoms with Crippen molar-refractivity contribution in [1.82, 2.24) is 15.1 Å². The van der Waals surface area contributed by atoms with Crippen LogP contribution in [0.3, 0.4) is 0 Å². The molecular formula is C19H27N3O3. The molecule has 0 radical (unpaired) electrons. The van der Waals surface area contributed by atoms with E-state index < -0.39 is 5.60 Å². The Bertz CT molecular complexity index is 621. The summed E-state index contributed by atoms with van der Waals surface area (Å²) in [5.74, 6) is 0.0916. The molecule has 0 aromatic heterocycles. The minimum Gasteiger partial charge on any atom is -0.444 e. The molecule has 6 heteroatoms. The third-order valence-corrected chi connectivity index (χ3v) is 4.50. The van der Waals surface area contributed by atoms with Gasteiger partial charge in [0.05, 0.1) is 0 Å². The lowest BCUT2D eigenvalue weighted by Gasteiger charge is -2.41. The summed E-state index contributed by atoms with van der Waals surface area (Å²) in [6, 6.07) is 9.97. The molecule has 0 saturated carbocycles. The summed E-state index contributed by atoms with van der Waals surface area (Å²) in [6.45, 7) is 8.44. The number of hydrogen-bond acceptors (Lipinski definition) is 4. The van der Waals surface area contributed by atoms with Crippen molar-refractivity contribution in [2.45, 2.75) is 44.9 Å². The maximum Gasteiger partial charge on any atom is 0.410 e. The number of likely N-dealkylation sites (tertiary alicyclic amines) is 2. The number of nitrogens with zero attached hydrogens (tertiary/aromatic N) is 2. The Morgan fingerprint density at radius 2 is 1.68 bits per heavy atom. The summed E-state index contributed by atoms with van der Waals surface area (Å²) in [7, 11) is 0. The van der Waals surface area contributed by atoms with Crippen molar-refractivity contribution in [3.8, 4) is 0 Å². The van der Waals surface area contributed by atoms with Gasteiger partial charge in [-0.25, -0.2) is 4.79 Å². The fraction of sp³-hybridized carbons (Fsp3) is 0.579. The number of hydrogen-bond donors (Lipinski definition) is 1. The third kappa shape index (κ3) is 4.51. The van der Waals surface area contributed by atoms with E-state index in [9.17, 15) is 9.59 Å². The number of rotatable bonds is 3. The van der Waals surface area contributed by atoms with Crippen LogP contribution in [0.25, 0.3) is 0 Å². The summed E-state index contributed by atoms with van der Waals surface area (Å²) < 4.78 is 5.36. The SMILES string of the molecule is CC(C)(C)OC(=O)N1CC(NC2CCN(C(=O)c3ccccc3)C2)C1. The number of benzene rings is 1. The number of ether oxygens (including phenoxy) is 1. The smallest absolute Gasteiger partial charge is 0.410 e. The van der Waals surface area contributed by atoms with Gasteiger partial charge in [0.2, 0.25) is 0 Å². The highest BCUT2D eigenvalue weighted by Crippen LogP contribution is 2.18. The lowest BCUT2D eigenvalue weighted by Crippen LogP contribution is -2.62. The second-order valence-corrected chi connectivity index (χ2v) is 7.85. The molecule has 1 N–H and O–H groups in total. The highest BCUT2D eigenvalue weighted by atomic mass is 16.6. The summed E-state index contributed by atoms with van der Waals surface area (Å²) in [5, 5.41) is 3.56. The molecule has 1 aromatic carbocycles. The van der Waals surface area contributed by atoms with Crippen LogP contribution in [-0.4, -0.2) is 65.7 Å². The summed E-state index contributed by atoms with van der Waals surface area (Å²) in [6.07, 6.45) is 0.694. The van der Waals surface area contributed by atoms with E-state index in [1.807, 2.05) is 56.0 Å². The van der Waals surface area contributed by atoms with Crippen LogP contribution in [0.5, 0.6) is 0 Å². The maximum atomic E-state index is 12.5. The van der Waals surface area contributed by atoms with Crippen LogP contribution >= 0.6 is 0 Å². The molecule has 1 atom stereocenters. The molecule has 0 spiro atoms. The van der Waals surface area contributed by atoms with Crippen molar-refractivity contribution in [3.63, 3.8) is 0 Å². The zero-order valence-corrected chi connectivity index (χ0v) is 15.2. The minimum atomic E-state index is -0.459. The Labute approximate surface area is 149 Å². The average molecular weight is 345 g/mol. The van der Waals surface area contributed by atoms with E-state index in [1.165, 1.54) is 0 Å². The van der Waals surface area contributed by atoms with Crippen molar-refractivity contribution >= 4 is 12.0 Å². The van der Waals surface area contributed by atoms with Crippen molar-refractivity contribution in [2.24, 2.45) is 0 Å². The highest BCUT2D eigenvalue weighted by molar-refractivity contribution is 5.94. The topological polar surface area (TPSA) is 61.9 Å². The van der Waals surface area contributed by atoms with Crippen molar-refractivity contribution in [3.05, 3.63) is 35.9 Å². The third-order valence-electron chi connectivity index (χ3n) is 4.50. The first-order valence-corrected chi connectivity index (χ1v) is 8.90. The molecule has 0 bridgehead atoms. The lowest BCUT2D eigenvalue weighted by atomic mass is 10.1. The van der Waals surface area contributed by atoms with E-state index in [4.69, 9.17) is 4.74 Å². The predicted octanol–water partition coefficient (Wildman–Crippen LogP) is 2.11.